The molecule has 0 saturated heterocycles. The van der Waals surface area contributed by atoms with Gasteiger partial charge in [0.15, 0.2) is 4.80 Å². The quantitative estimate of drug-likeness (QED) is 0.350. The predicted octanol–water partition coefficient (Wildman–Crippen LogP) is 5.10. The molecule has 1 aromatic heterocycles. The average molecular weight is 559 g/mol. The van der Waals surface area contributed by atoms with Crippen molar-refractivity contribution in [3.05, 3.63) is 119 Å². The lowest BCUT2D eigenvalue weighted by Gasteiger charge is -2.31. The fourth-order valence-electron chi connectivity index (χ4n) is 5.06. The van der Waals surface area contributed by atoms with E-state index in [1.54, 1.807) is 14.2 Å². The fraction of sp³-hybridized carbons (Fsp3) is 0.172. The van der Waals surface area contributed by atoms with E-state index in [9.17, 15) is 4.79 Å². The molecule has 6 rings (SSSR count). The number of aryl methyl sites for hydroxylation is 1. The Kier molecular flexibility index (Phi) is 5.90. The molecule has 2 heterocycles. The number of nitrogens with zero attached hydrogens (tertiary/aromatic N) is 2. The number of hydrogen-bond donors (Lipinski definition) is 0. The summed E-state index contributed by atoms with van der Waals surface area (Å²) in [6, 6.07) is 22.0. The van der Waals surface area contributed by atoms with Gasteiger partial charge in [0.25, 0.3) is 5.56 Å². The van der Waals surface area contributed by atoms with Gasteiger partial charge < -0.3 is 9.47 Å². The first-order valence-corrected chi connectivity index (χ1v) is 13.3. The number of allylic oxidation sites excluding steroid dienone is 1. The minimum atomic E-state index is -0.232. The van der Waals surface area contributed by atoms with Crippen LogP contribution < -0.4 is 24.4 Å². The van der Waals surface area contributed by atoms with Crippen LogP contribution in [0.25, 0.3) is 11.8 Å². The molecule has 180 valence electrons. The van der Waals surface area contributed by atoms with Crippen LogP contribution in [0, 0.1) is 0 Å². The normalized spacial score (nSPS) is 16.6. The second kappa shape index (κ2) is 9.22. The molecular formula is C29H23BrN2O3S. The molecule has 0 radical (unpaired) electrons. The van der Waals surface area contributed by atoms with Crippen molar-refractivity contribution in [2.45, 2.75) is 18.9 Å². The zero-order chi connectivity index (χ0) is 24.8. The van der Waals surface area contributed by atoms with E-state index in [2.05, 4.69) is 46.3 Å². The monoisotopic (exact) mass is 558 g/mol. The Morgan fingerprint density at radius 1 is 1.03 bits per heavy atom. The Morgan fingerprint density at radius 3 is 2.69 bits per heavy atom. The van der Waals surface area contributed by atoms with E-state index >= 15 is 0 Å². The molecule has 0 bridgehead atoms. The second-order valence-corrected chi connectivity index (χ2v) is 10.6. The molecule has 1 aliphatic carbocycles. The van der Waals surface area contributed by atoms with Gasteiger partial charge in [-0.05, 0) is 81.4 Å². The lowest BCUT2D eigenvalue weighted by atomic mass is 9.83. The molecule has 0 fully saturated rings. The molecule has 7 heteroatoms. The van der Waals surface area contributed by atoms with E-state index in [0.29, 0.717) is 9.33 Å². The van der Waals surface area contributed by atoms with Gasteiger partial charge >= 0.3 is 0 Å². The van der Waals surface area contributed by atoms with Gasteiger partial charge in [0.1, 0.15) is 11.5 Å². The molecule has 1 unspecified atom stereocenters. The number of aromatic nitrogens is 1. The van der Waals surface area contributed by atoms with Crippen LogP contribution in [0.1, 0.15) is 34.7 Å². The summed E-state index contributed by atoms with van der Waals surface area (Å²) in [6.45, 7) is 0. The summed E-state index contributed by atoms with van der Waals surface area (Å²) in [4.78, 5) is 19.7. The number of ether oxygens (including phenoxy) is 2. The summed E-state index contributed by atoms with van der Waals surface area (Å²) < 4.78 is 14.2. The first-order valence-electron chi connectivity index (χ1n) is 11.7. The van der Waals surface area contributed by atoms with Gasteiger partial charge in [-0.15, -0.1) is 0 Å². The van der Waals surface area contributed by atoms with E-state index < -0.39 is 0 Å². The summed E-state index contributed by atoms with van der Waals surface area (Å²) in [7, 11) is 3.30. The van der Waals surface area contributed by atoms with Crippen molar-refractivity contribution in [1.29, 1.82) is 0 Å². The highest BCUT2D eigenvalue weighted by atomic mass is 79.9. The van der Waals surface area contributed by atoms with Crippen LogP contribution in [-0.4, -0.2) is 18.8 Å². The molecule has 2 aliphatic rings. The van der Waals surface area contributed by atoms with Crippen molar-refractivity contribution in [3.63, 3.8) is 0 Å². The molecule has 0 amide bonds. The lowest BCUT2D eigenvalue weighted by Crippen LogP contribution is -2.38. The van der Waals surface area contributed by atoms with Crippen molar-refractivity contribution < 1.29 is 9.47 Å². The Bertz CT molecular complexity index is 1720. The van der Waals surface area contributed by atoms with Gasteiger partial charge in [-0.25, -0.2) is 4.99 Å². The zero-order valence-electron chi connectivity index (χ0n) is 19.8. The van der Waals surface area contributed by atoms with Gasteiger partial charge in [-0.1, -0.05) is 53.8 Å². The van der Waals surface area contributed by atoms with Crippen molar-refractivity contribution in [3.8, 4) is 11.5 Å². The number of halogens is 1. The molecule has 0 spiro atoms. The largest absolute Gasteiger partial charge is 0.497 e. The Balaban J connectivity index is 1.60. The number of benzene rings is 3. The smallest absolute Gasteiger partial charge is 0.271 e. The number of thiazole rings is 1. The number of fused-ring (bicyclic) bond motifs is 3. The van der Waals surface area contributed by atoms with Crippen LogP contribution >= 0.6 is 27.3 Å². The highest BCUT2D eigenvalue weighted by molar-refractivity contribution is 9.10. The summed E-state index contributed by atoms with van der Waals surface area (Å²) in [5.41, 5.74) is 6.52. The predicted molar refractivity (Wildman–Crippen MR) is 146 cm³/mol. The molecule has 1 aliphatic heterocycles. The number of hydrogen-bond acceptors (Lipinski definition) is 5. The number of rotatable bonds is 4. The third-order valence-electron chi connectivity index (χ3n) is 6.76. The van der Waals surface area contributed by atoms with Crippen LogP contribution in [0.4, 0.5) is 0 Å². The first kappa shape index (κ1) is 23.0. The van der Waals surface area contributed by atoms with E-state index in [0.717, 1.165) is 51.2 Å². The van der Waals surface area contributed by atoms with E-state index in [1.807, 2.05) is 47.0 Å². The summed E-state index contributed by atoms with van der Waals surface area (Å²) in [5, 5.41) is 0. The minimum absolute atomic E-state index is 0.0380. The molecule has 5 nitrogen and oxygen atoms in total. The van der Waals surface area contributed by atoms with Crippen LogP contribution in [0.15, 0.2) is 86.6 Å². The maximum absolute atomic E-state index is 13.9. The van der Waals surface area contributed by atoms with Crippen molar-refractivity contribution >= 4 is 39.0 Å². The highest BCUT2D eigenvalue weighted by Gasteiger charge is 2.32. The van der Waals surface area contributed by atoms with Crippen LogP contribution in [-0.2, 0) is 6.42 Å². The molecule has 0 saturated carbocycles. The Labute approximate surface area is 220 Å². The second-order valence-electron chi connectivity index (χ2n) is 8.78. The summed E-state index contributed by atoms with van der Waals surface area (Å²) >= 11 is 4.97. The van der Waals surface area contributed by atoms with Crippen LogP contribution in [0.2, 0.25) is 0 Å². The first-order chi connectivity index (χ1) is 17.6. The molecular weight excluding hydrogens is 536 g/mol. The molecule has 3 aromatic carbocycles. The third-order valence-corrected chi connectivity index (χ3v) is 8.36. The van der Waals surface area contributed by atoms with Gasteiger partial charge in [0.2, 0.25) is 0 Å². The SMILES string of the molecule is COc1cccc(C2C3=C(N=c4sc(=Cc5ccc(OC)c(Br)c5)c(=O)n42)c2ccccc2CC3)c1. The molecule has 36 heavy (non-hydrogen) atoms. The molecule has 1 atom stereocenters. The van der Waals surface area contributed by atoms with Gasteiger partial charge in [0, 0.05) is 5.56 Å². The maximum Gasteiger partial charge on any atom is 0.271 e. The van der Waals surface area contributed by atoms with Crippen LogP contribution in [0.3, 0.4) is 0 Å². The average Bonchev–Trinajstić information content (AvgIpc) is 3.21. The van der Waals surface area contributed by atoms with E-state index in [1.165, 1.54) is 22.5 Å². The summed E-state index contributed by atoms with van der Waals surface area (Å²) in [5.74, 6) is 1.52. The standard InChI is InChI=1S/C29H23BrN2O3S/c1-34-20-8-5-7-19(16-20)27-22-12-11-18-6-3-4-9-21(18)26(22)31-29-32(27)28(33)25(36-29)15-17-10-13-24(35-2)23(30)14-17/h3-10,13-16,27H,11-12H2,1-2H3. The fourth-order valence-corrected chi connectivity index (χ4v) is 6.62. The Hall–Kier alpha value is -3.42. The maximum atomic E-state index is 13.9. The van der Waals surface area contributed by atoms with Crippen LogP contribution in [0.5, 0.6) is 11.5 Å². The van der Waals surface area contributed by atoms with Crippen molar-refractivity contribution in [1.82, 2.24) is 4.57 Å². The van der Waals surface area contributed by atoms with E-state index in [4.69, 9.17) is 14.5 Å². The van der Waals surface area contributed by atoms with Gasteiger partial charge in [-0.2, -0.15) is 0 Å². The molecule has 4 aromatic rings. The van der Waals surface area contributed by atoms with Gasteiger partial charge in [-0.3, -0.25) is 9.36 Å². The van der Waals surface area contributed by atoms with Crippen molar-refractivity contribution in [2.75, 3.05) is 14.2 Å². The van der Waals surface area contributed by atoms with Crippen molar-refractivity contribution in [2.24, 2.45) is 4.99 Å². The Morgan fingerprint density at radius 2 is 1.89 bits per heavy atom. The summed E-state index contributed by atoms with van der Waals surface area (Å²) in [6.07, 6.45) is 3.70. The zero-order valence-corrected chi connectivity index (χ0v) is 22.2. The lowest BCUT2D eigenvalue weighted by molar-refractivity contribution is 0.412. The van der Waals surface area contributed by atoms with Gasteiger partial charge in [0.05, 0.1) is 35.0 Å². The number of methoxy groups -OCH3 is 2. The third kappa shape index (κ3) is 3.83. The minimum Gasteiger partial charge on any atom is -0.497 e. The molecule has 0 N–H and O–H groups in total. The topological polar surface area (TPSA) is 52.8 Å². The van der Waals surface area contributed by atoms with E-state index in [-0.39, 0.29) is 11.6 Å². The highest BCUT2D eigenvalue weighted by Crippen LogP contribution is 2.41.